The molecule has 0 aliphatic rings. The van der Waals surface area contributed by atoms with E-state index in [0.717, 1.165) is 23.0 Å². The molecule has 0 radical (unpaired) electrons. The Hall–Kier alpha value is -3.94. The number of anilines is 3. The van der Waals surface area contributed by atoms with Gasteiger partial charge in [-0.15, -0.1) is 0 Å². The summed E-state index contributed by atoms with van der Waals surface area (Å²) in [7, 11) is 0. The van der Waals surface area contributed by atoms with E-state index in [1.165, 1.54) is 12.4 Å². The highest BCUT2D eigenvalue weighted by atomic mass is 19.1. The van der Waals surface area contributed by atoms with Crippen LogP contribution in [0.2, 0.25) is 0 Å². The molecule has 0 saturated carbocycles. The zero-order valence-corrected chi connectivity index (χ0v) is 14.4. The first-order valence-electron chi connectivity index (χ1n) is 8.29. The summed E-state index contributed by atoms with van der Waals surface area (Å²) in [5, 5.41) is 6.42. The maximum Gasteiger partial charge on any atom is 0.274 e. The van der Waals surface area contributed by atoms with Gasteiger partial charge < -0.3 is 10.6 Å². The largest absolute Gasteiger partial charge is 0.338 e. The van der Waals surface area contributed by atoms with Crippen LogP contribution in [0.5, 0.6) is 0 Å². The first-order valence-corrected chi connectivity index (χ1v) is 8.29. The van der Waals surface area contributed by atoms with Gasteiger partial charge in [0.2, 0.25) is 0 Å². The molecule has 0 saturated heterocycles. The number of fused-ring (bicyclic) bond motifs is 1. The number of para-hydroxylation sites is 1. The number of amides is 1. The normalized spacial score (nSPS) is 10.6. The van der Waals surface area contributed by atoms with Gasteiger partial charge in [0.05, 0.1) is 16.9 Å². The fraction of sp³-hybridized carbons (Fsp3) is 0. The molecule has 28 heavy (non-hydrogen) atoms. The molecule has 0 aliphatic carbocycles. The summed E-state index contributed by atoms with van der Waals surface area (Å²) < 4.78 is 26.7. The Kier molecular flexibility index (Phi) is 4.59. The van der Waals surface area contributed by atoms with Gasteiger partial charge in [0, 0.05) is 23.7 Å². The third kappa shape index (κ3) is 3.61. The highest BCUT2D eigenvalue weighted by molar-refractivity contribution is 6.03. The molecule has 2 heterocycles. The van der Waals surface area contributed by atoms with Crippen LogP contribution in [0.15, 0.2) is 67.1 Å². The van der Waals surface area contributed by atoms with Gasteiger partial charge >= 0.3 is 0 Å². The number of halogens is 2. The molecular weight excluding hydrogens is 364 g/mol. The fourth-order valence-electron chi connectivity index (χ4n) is 2.67. The number of carbonyl (C=O) groups excluding carboxylic acids is 1. The second-order valence-electron chi connectivity index (χ2n) is 5.87. The number of rotatable bonds is 4. The molecule has 2 aromatic heterocycles. The van der Waals surface area contributed by atoms with Crippen molar-refractivity contribution >= 4 is 34.0 Å². The Balaban J connectivity index is 1.58. The number of hydrogen-bond acceptors (Lipinski definition) is 5. The van der Waals surface area contributed by atoms with E-state index in [1.54, 1.807) is 6.20 Å². The molecule has 6 nitrogen and oxygen atoms in total. The Morgan fingerprint density at radius 1 is 0.893 bits per heavy atom. The van der Waals surface area contributed by atoms with E-state index in [4.69, 9.17) is 0 Å². The van der Waals surface area contributed by atoms with Crippen LogP contribution in [0.1, 0.15) is 10.5 Å². The van der Waals surface area contributed by atoms with Crippen LogP contribution >= 0.6 is 0 Å². The number of nitrogens with one attached hydrogen (secondary N) is 2. The lowest BCUT2D eigenvalue weighted by molar-refractivity contribution is 0.102. The molecule has 0 atom stereocenters. The molecule has 0 spiro atoms. The van der Waals surface area contributed by atoms with Gasteiger partial charge in [0.1, 0.15) is 29.5 Å². The van der Waals surface area contributed by atoms with Crippen LogP contribution < -0.4 is 10.6 Å². The molecular formula is C20H13F2N5O. The zero-order valence-electron chi connectivity index (χ0n) is 14.4. The molecule has 4 rings (SSSR count). The summed E-state index contributed by atoms with van der Waals surface area (Å²) in [4.78, 5) is 24.7. The van der Waals surface area contributed by atoms with Crippen molar-refractivity contribution in [1.29, 1.82) is 0 Å². The van der Waals surface area contributed by atoms with E-state index < -0.39 is 17.5 Å². The van der Waals surface area contributed by atoms with Gasteiger partial charge in [0.25, 0.3) is 5.91 Å². The van der Waals surface area contributed by atoms with Gasteiger partial charge in [-0.3, -0.25) is 9.78 Å². The third-order valence-corrected chi connectivity index (χ3v) is 3.97. The lowest BCUT2D eigenvalue weighted by Gasteiger charge is -2.10. The standard InChI is InChI=1S/C20H13F2N5O/c21-13-6-7-15(14(22)9-13)27-20(28)17-10-18(25-11-24-17)26-16-5-1-3-12-4-2-8-23-19(12)16/h1-11H,(H,27,28)(H,24,25,26). The topological polar surface area (TPSA) is 79.8 Å². The maximum atomic E-state index is 13.7. The maximum absolute atomic E-state index is 13.7. The fourth-order valence-corrected chi connectivity index (χ4v) is 2.67. The summed E-state index contributed by atoms with van der Waals surface area (Å²) in [5.41, 5.74) is 1.35. The number of nitrogens with zero attached hydrogens (tertiary/aromatic N) is 3. The molecule has 4 aromatic rings. The molecule has 138 valence electrons. The molecule has 2 N–H and O–H groups in total. The minimum Gasteiger partial charge on any atom is -0.338 e. The average molecular weight is 377 g/mol. The summed E-state index contributed by atoms with van der Waals surface area (Å²) >= 11 is 0. The first kappa shape index (κ1) is 17.5. The molecule has 0 fully saturated rings. The Morgan fingerprint density at radius 2 is 1.75 bits per heavy atom. The second kappa shape index (κ2) is 7.36. The summed E-state index contributed by atoms with van der Waals surface area (Å²) in [5.74, 6) is -1.87. The van der Waals surface area contributed by atoms with Crippen molar-refractivity contribution in [3.8, 4) is 0 Å². The smallest absolute Gasteiger partial charge is 0.274 e. The minimum absolute atomic E-state index is 0.0226. The van der Waals surface area contributed by atoms with E-state index in [2.05, 4.69) is 25.6 Å². The number of aromatic nitrogens is 3. The minimum atomic E-state index is -0.873. The van der Waals surface area contributed by atoms with E-state index in [0.29, 0.717) is 17.6 Å². The van der Waals surface area contributed by atoms with E-state index in [9.17, 15) is 13.6 Å². The summed E-state index contributed by atoms with van der Waals surface area (Å²) in [6.07, 6.45) is 2.90. The molecule has 0 bridgehead atoms. The van der Waals surface area contributed by atoms with Crippen LogP contribution in [0, 0.1) is 11.6 Å². The van der Waals surface area contributed by atoms with Crippen molar-refractivity contribution in [2.45, 2.75) is 0 Å². The first-order chi connectivity index (χ1) is 13.6. The Morgan fingerprint density at radius 3 is 2.61 bits per heavy atom. The monoisotopic (exact) mass is 377 g/mol. The van der Waals surface area contributed by atoms with Crippen molar-refractivity contribution in [3.63, 3.8) is 0 Å². The van der Waals surface area contributed by atoms with Gasteiger partial charge in [0.15, 0.2) is 0 Å². The molecule has 8 heteroatoms. The number of pyridine rings is 1. The van der Waals surface area contributed by atoms with Gasteiger partial charge in [-0.1, -0.05) is 18.2 Å². The van der Waals surface area contributed by atoms with Crippen LogP contribution in [-0.4, -0.2) is 20.9 Å². The molecule has 2 aromatic carbocycles. The zero-order chi connectivity index (χ0) is 19.5. The predicted molar refractivity (Wildman–Crippen MR) is 101 cm³/mol. The van der Waals surface area contributed by atoms with E-state index in [1.807, 2.05) is 30.3 Å². The molecule has 0 unspecified atom stereocenters. The lowest BCUT2D eigenvalue weighted by Crippen LogP contribution is -2.15. The SMILES string of the molecule is O=C(Nc1ccc(F)cc1F)c1cc(Nc2cccc3cccnc23)ncn1. The van der Waals surface area contributed by atoms with E-state index >= 15 is 0 Å². The summed E-state index contributed by atoms with van der Waals surface area (Å²) in [6, 6.07) is 13.7. The highest BCUT2D eigenvalue weighted by Gasteiger charge is 2.13. The van der Waals surface area contributed by atoms with E-state index in [-0.39, 0.29) is 11.4 Å². The van der Waals surface area contributed by atoms with Crippen LogP contribution in [0.4, 0.5) is 26.0 Å². The Bertz CT molecular complexity index is 1180. The average Bonchev–Trinajstić information content (AvgIpc) is 2.70. The third-order valence-electron chi connectivity index (χ3n) is 3.97. The predicted octanol–water partition coefficient (Wildman–Crippen LogP) is 4.30. The van der Waals surface area contributed by atoms with Gasteiger partial charge in [-0.2, -0.15) is 0 Å². The number of hydrogen-bond donors (Lipinski definition) is 2. The van der Waals surface area contributed by atoms with Crippen LogP contribution in [0.25, 0.3) is 10.9 Å². The van der Waals surface area contributed by atoms with Crippen molar-refractivity contribution in [2.75, 3.05) is 10.6 Å². The van der Waals surface area contributed by atoms with Crippen molar-refractivity contribution in [1.82, 2.24) is 15.0 Å². The molecule has 1 amide bonds. The molecule has 0 aliphatic heterocycles. The van der Waals surface area contributed by atoms with Gasteiger partial charge in [-0.05, 0) is 24.3 Å². The van der Waals surface area contributed by atoms with Crippen LogP contribution in [0.3, 0.4) is 0 Å². The van der Waals surface area contributed by atoms with Crippen molar-refractivity contribution in [2.24, 2.45) is 0 Å². The summed E-state index contributed by atoms with van der Waals surface area (Å²) in [6.45, 7) is 0. The van der Waals surface area contributed by atoms with Crippen molar-refractivity contribution < 1.29 is 13.6 Å². The van der Waals surface area contributed by atoms with Crippen molar-refractivity contribution in [3.05, 3.63) is 84.4 Å². The number of carbonyl (C=O) groups is 1. The van der Waals surface area contributed by atoms with Crippen LogP contribution in [-0.2, 0) is 0 Å². The highest BCUT2D eigenvalue weighted by Crippen LogP contribution is 2.24. The quantitative estimate of drug-likeness (QED) is 0.554. The second-order valence-corrected chi connectivity index (χ2v) is 5.87. The number of benzene rings is 2. The van der Waals surface area contributed by atoms with Gasteiger partial charge in [-0.25, -0.2) is 18.7 Å². The Labute approximate surface area is 158 Å². The lowest BCUT2D eigenvalue weighted by atomic mass is 10.2.